The van der Waals surface area contributed by atoms with Crippen molar-refractivity contribution in [3.8, 4) is 0 Å². The van der Waals surface area contributed by atoms with Crippen molar-refractivity contribution in [2.45, 2.75) is 37.3 Å². The first kappa shape index (κ1) is 9.48. The lowest BCUT2D eigenvalue weighted by atomic mass is 9.81. The summed E-state index contributed by atoms with van der Waals surface area (Å²) in [6, 6.07) is 0. The molecule has 1 saturated carbocycles. The van der Waals surface area contributed by atoms with E-state index in [1.54, 1.807) is 7.11 Å². The van der Waals surface area contributed by atoms with Crippen LogP contribution < -0.4 is 5.73 Å². The monoisotopic (exact) mass is 173 g/mol. The predicted octanol–water partition coefficient (Wildman–Crippen LogP) is 0.357. The van der Waals surface area contributed by atoms with E-state index in [0.29, 0.717) is 12.8 Å². The quantitative estimate of drug-likeness (QED) is 0.632. The van der Waals surface area contributed by atoms with Gasteiger partial charge in [-0.05, 0) is 25.7 Å². The van der Waals surface area contributed by atoms with Gasteiger partial charge in [-0.15, -0.1) is 0 Å². The minimum Gasteiger partial charge on any atom is -0.480 e. The Kier molecular flexibility index (Phi) is 2.69. The Morgan fingerprint density at radius 1 is 1.58 bits per heavy atom. The van der Waals surface area contributed by atoms with Crippen LogP contribution in [-0.4, -0.2) is 29.8 Å². The Hall–Kier alpha value is -0.610. The topological polar surface area (TPSA) is 72.5 Å². The SMILES string of the molecule is CO[C@H]1CC[C@](N)(C(=O)O)CC1. The van der Waals surface area contributed by atoms with Gasteiger partial charge in [-0.2, -0.15) is 0 Å². The summed E-state index contributed by atoms with van der Waals surface area (Å²) in [5, 5.41) is 8.79. The molecule has 3 N–H and O–H groups in total. The van der Waals surface area contributed by atoms with E-state index in [2.05, 4.69) is 0 Å². The Labute approximate surface area is 71.7 Å². The number of aliphatic carboxylic acids is 1. The number of carboxylic acid groups (broad SMARTS) is 1. The number of hydrogen-bond donors (Lipinski definition) is 2. The lowest BCUT2D eigenvalue weighted by Crippen LogP contribution is -2.51. The van der Waals surface area contributed by atoms with E-state index >= 15 is 0 Å². The van der Waals surface area contributed by atoms with Crippen LogP contribution in [0.1, 0.15) is 25.7 Å². The maximum absolute atomic E-state index is 10.7. The maximum atomic E-state index is 10.7. The molecule has 70 valence electrons. The van der Waals surface area contributed by atoms with E-state index in [1.807, 2.05) is 0 Å². The molecule has 0 aliphatic heterocycles. The van der Waals surface area contributed by atoms with Gasteiger partial charge >= 0.3 is 5.97 Å². The van der Waals surface area contributed by atoms with Crippen molar-refractivity contribution in [1.82, 2.24) is 0 Å². The first-order chi connectivity index (χ1) is 5.58. The van der Waals surface area contributed by atoms with Crippen LogP contribution in [0.2, 0.25) is 0 Å². The second kappa shape index (κ2) is 3.41. The molecule has 0 aromatic rings. The fraction of sp³-hybridized carbons (Fsp3) is 0.875. The minimum atomic E-state index is -1.00. The third-order valence-corrected chi connectivity index (χ3v) is 2.58. The maximum Gasteiger partial charge on any atom is 0.323 e. The first-order valence-electron chi connectivity index (χ1n) is 4.13. The fourth-order valence-electron chi connectivity index (χ4n) is 1.56. The van der Waals surface area contributed by atoms with Crippen molar-refractivity contribution in [3.05, 3.63) is 0 Å². The van der Waals surface area contributed by atoms with Gasteiger partial charge in [0.15, 0.2) is 0 Å². The van der Waals surface area contributed by atoms with Gasteiger partial charge < -0.3 is 15.6 Å². The number of ether oxygens (including phenoxy) is 1. The molecule has 4 nitrogen and oxygen atoms in total. The molecular weight excluding hydrogens is 158 g/mol. The largest absolute Gasteiger partial charge is 0.480 e. The number of carbonyl (C=O) groups is 1. The van der Waals surface area contributed by atoms with E-state index < -0.39 is 11.5 Å². The Morgan fingerprint density at radius 3 is 2.42 bits per heavy atom. The molecule has 0 atom stereocenters. The zero-order valence-corrected chi connectivity index (χ0v) is 7.25. The fourth-order valence-corrected chi connectivity index (χ4v) is 1.56. The minimum absolute atomic E-state index is 0.195. The molecule has 0 saturated heterocycles. The molecule has 12 heavy (non-hydrogen) atoms. The van der Waals surface area contributed by atoms with Crippen molar-refractivity contribution in [2.24, 2.45) is 5.73 Å². The van der Waals surface area contributed by atoms with Crippen LogP contribution in [-0.2, 0) is 9.53 Å². The highest BCUT2D eigenvalue weighted by atomic mass is 16.5. The van der Waals surface area contributed by atoms with Crippen molar-refractivity contribution in [1.29, 1.82) is 0 Å². The lowest BCUT2D eigenvalue weighted by Gasteiger charge is -2.32. The van der Waals surface area contributed by atoms with Crippen molar-refractivity contribution >= 4 is 5.97 Å². The molecule has 1 aliphatic carbocycles. The van der Waals surface area contributed by atoms with Gasteiger partial charge in [0.2, 0.25) is 0 Å². The average molecular weight is 173 g/mol. The van der Waals surface area contributed by atoms with Crippen LogP contribution >= 0.6 is 0 Å². The number of rotatable bonds is 2. The summed E-state index contributed by atoms with van der Waals surface area (Å²) in [6.07, 6.45) is 2.72. The van der Waals surface area contributed by atoms with Gasteiger partial charge in [-0.3, -0.25) is 4.79 Å². The van der Waals surface area contributed by atoms with E-state index in [4.69, 9.17) is 15.6 Å². The summed E-state index contributed by atoms with van der Waals surface area (Å²) in [5.41, 5.74) is 4.66. The Bertz CT molecular complexity index is 173. The molecular formula is C8H15NO3. The van der Waals surface area contributed by atoms with E-state index in [1.165, 1.54) is 0 Å². The summed E-state index contributed by atoms with van der Waals surface area (Å²) in [6.45, 7) is 0. The smallest absolute Gasteiger partial charge is 0.323 e. The number of carboxylic acids is 1. The van der Waals surface area contributed by atoms with Crippen molar-refractivity contribution < 1.29 is 14.6 Å². The number of hydrogen-bond acceptors (Lipinski definition) is 3. The molecule has 1 rings (SSSR count). The molecule has 1 aliphatic rings. The normalized spacial score (nSPS) is 36.3. The van der Waals surface area contributed by atoms with E-state index in [9.17, 15) is 4.79 Å². The van der Waals surface area contributed by atoms with Crippen molar-refractivity contribution in [3.63, 3.8) is 0 Å². The summed E-state index contributed by atoms with van der Waals surface area (Å²) in [5.74, 6) is -0.892. The summed E-state index contributed by atoms with van der Waals surface area (Å²) in [4.78, 5) is 10.7. The molecule has 0 heterocycles. The Balaban J connectivity index is 2.49. The summed E-state index contributed by atoms with van der Waals surface area (Å²) < 4.78 is 5.12. The summed E-state index contributed by atoms with van der Waals surface area (Å²) in [7, 11) is 1.65. The highest BCUT2D eigenvalue weighted by Gasteiger charge is 2.38. The van der Waals surface area contributed by atoms with Gasteiger partial charge in [-0.25, -0.2) is 0 Å². The highest BCUT2D eigenvalue weighted by molar-refractivity contribution is 5.78. The van der Waals surface area contributed by atoms with Gasteiger partial charge in [0.1, 0.15) is 5.54 Å². The van der Waals surface area contributed by atoms with Crippen LogP contribution in [0, 0.1) is 0 Å². The molecule has 0 bridgehead atoms. The average Bonchev–Trinajstić information content (AvgIpc) is 2.06. The lowest BCUT2D eigenvalue weighted by molar-refractivity contribution is -0.145. The van der Waals surface area contributed by atoms with Gasteiger partial charge in [-0.1, -0.05) is 0 Å². The summed E-state index contributed by atoms with van der Waals surface area (Å²) >= 11 is 0. The molecule has 0 aromatic carbocycles. The third kappa shape index (κ3) is 1.76. The van der Waals surface area contributed by atoms with Gasteiger partial charge in [0, 0.05) is 7.11 Å². The predicted molar refractivity (Wildman–Crippen MR) is 43.8 cm³/mol. The van der Waals surface area contributed by atoms with Crippen LogP contribution in [0.5, 0.6) is 0 Å². The molecule has 4 heteroatoms. The second-order valence-electron chi connectivity index (χ2n) is 3.40. The molecule has 0 spiro atoms. The molecule has 1 fully saturated rings. The van der Waals surface area contributed by atoms with E-state index in [-0.39, 0.29) is 6.10 Å². The number of methoxy groups -OCH3 is 1. The highest BCUT2D eigenvalue weighted by Crippen LogP contribution is 2.27. The van der Waals surface area contributed by atoms with Crippen LogP contribution in [0.15, 0.2) is 0 Å². The second-order valence-corrected chi connectivity index (χ2v) is 3.40. The van der Waals surface area contributed by atoms with Crippen LogP contribution in [0.4, 0.5) is 0 Å². The number of nitrogens with two attached hydrogens (primary N) is 1. The molecule has 0 aromatic heterocycles. The molecule has 0 unspecified atom stereocenters. The first-order valence-corrected chi connectivity index (χ1v) is 4.13. The Morgan fingerprint density at radius 2 is 2.08 bits per heavy atom. The van der Waals surface area contributed by atoms with Crippen molar-refractivity contribution in [2.75, 3.05) is 7.11 Å². The standard InChI is InChI=1S/C8H15NO3/c1-12-6-2-4-8(9,5-3-6)7(10)11/h6H,2-5,9H2,1H3,(H,10,11)/t6-,8+. The van der Waals surface area contributed by atoms with Gasteiger partial charge in [0.25, 0.3) is 0 Å². The third-order valence-electron chi connectivity index (χ3n) is 2.58. The van der Waals surface area contributed by atoms with Crippen LogP contribution in [0.25, 0.3) is 0 Å². The molecule has 0 radical (unpaired) electrons. The van der Waals surface area contributed by atoms with E-state index in [0.717, 1.165) is 12.8 Å². The molecule has 0 amide bonds. The van der Waals surface area contributed by atoms with Crippen LogP contribution in [0.3, 0.4) is 0 Å². The zero-order valence-electron chi connectivity index (χ0n) is 7.25. The zero-order chi connectivity index (χ0) is 9.19. The van der Waals surface area contributed by atoms with Gasteiger partial charge in [0.05, 0.1) is 6.10 Å².